The van der Waals surface area contributed by atoms with Gasteiger partial charge >= 0.3 is 0 Å². The predicted octanol–water partition coefficient (Wildman–Crippen LogP) is 1.70. The number of anilines is 1. The average Bonchev–Trinajstić information content (AvgIpc) is 2.60. The van der Waals surface area contributed by atoms with E-state index < -0.39 is 0 Å². The number of hydrogen-bond donors (Lipinski definition) is 1. The molecule has 1 amide bonds. The highest BCUT2D eigenvalue weighted by Crippen LogP contribution is 2.28. The van der Waals surface area contributed by atoms with E-state index in [1.807, 2.05) is 0 Å². The molecule has 0 aliphatic carbocycles. The van der Waals surface area contributed by atoms with Crippen LogP contribution in [0.1, 0.15) is 19.3 Å². The van der Waals surface area contributed by atoms with Crippen LogP contribution >= 0.6 is 0 Å². The van der Waals surface area contributed by atoms with E-state index in [0.29, 0.717) is 18.5 Å². The van der Waals surface area contributed by atoms with Crippen LogP contribution in [0.2, 0.25) is 0 Å². The molecule has 0 radical (unpaired) electrons. The van der Waals surface area contributed by atoms with Gasteiger partial charge in [0.1, 0.15) is 5.82 Å². The highest BCUT2D eigenvalue weighted by molar-refractivity contribution is 5.96. The lowest BCUT2D eigenvalue weighted by atomic mass is 10.1. The van der Waals surface area contributed by atoms with Crippen LogP contribution in [0.3, 0.4) is 0 Å². The second kappa shape index (κ2) is 4.61. The lowest BCUT2D eigenvalue weighted by molar-refractivity contribution is -0.117. The minimum Gasteiger partial charge on any atom is -0.396 e. The zero-order chi connectivity index (χ0) is 11.5. The third kappa shape index (κ3) is 2.07. The highest BCUT2D eigenvalue weighted by atomic mass is 19.1. The molecule has 0 spiro atoms. The quantitative estimate of drug-likeness (QED) is 0.847. The van der Waals surface area contributed by atoms with E-state index in [1.54, 1.807) is 17.0 Å². The molecule has 4 heteroatoms. The minimum atomic E-state index is -0.347. The summed E-state index contributed by atoms with van der Waals surface area (Å²) in [6, 6.07) is 6.01. The number of nitrogens with zero attached hydrogens (tertiary/aromatic N) is 1. The van der Waals surface area contributed by atoms with Crippen molar-refractivity contribution in [2.45, 2.75) is 25.3 Å². The molecule has 16 heavy (non-hydrogen) atoms. The second-order valence-electron chi connectivity index (χ2n) is 3.95. The molecular formula is C12H14FNO2. The summed E-state index contributed by atoms with van der Waals surface area (Å²) in [7, 11) is 0. The smallest absolute Gasteiger partial charge is 0.227 e. The van der Waals surface area contributed by atoms with Crippen molar-refractivity contribution in [3.63, 3.8) is 0 Å². The topological polar surface area (TPSA) is 40.5 Å². The molecule has 1 aliphatic heterocycles. The van der Waals surface area contributed by atoms with Gasteiger partial charge in [0.25, 0.3) is 0 Å². The summed E-state index contributed by atoms with van der Waals surface area (Å²) in [5.41, 5.74) is 0.584. The summed E-state index contributed by atoms with van der Waals surface area (Å²) < 4.78 is 13.1. The van der Waals surface area contributed by atoms with E-state index in [1.165, 1.54) is 12.1 Å². The fourth-order valence-electron chi connectivity index (χ4n) is 2.15. The molecule has 0 aromatic heterocycles. The number of carbonyl (C=O) groups excluding carboxylic acids is 1. The number of benzene rings is 1. The fraction of sp³-hybridized carbons (Fsp3) is 0.417. The third-order valence-corrected chi connectivity index (χ3v) is 2.87. The molecule has 1 aromatic carbocycles. The molecule has 0 bridgehead atoms. The molecule has 0 saturated carbocycles. The van der Waals surface area contributed by atoms with E-state index in [9.17, 15) is 9.18 Å². The molecule has 1 heterocycles. The Morgan fingerprint density at radius 1 is 1.50 bits per heavy atom. The largest absolute Gasteiger partial charge is 0.396 e. The molecule has 1 atom stereocenters. The van der Waals surface area contributed by atoms with Gasteiger partial charge in [-0.3, -0.25) is 4.79 Å². The summed E-state index contributed by atoms with van der Waals surface area (Å²) in [6.45, 7) is 0.0454. The van der Waals surface area contributed by atoms with Crippen molar-refractivity contribution < 1.29 is 14.3 Å². The number of aliphatic hydroxyl groups is 1. The van der Waals surface area contributed by atoms with Crippen LogP contribution in [-0.2, 0) is 4.79 Å². The van der Waals surface area contributed by atoms with Crippen molar-refractivity contribution in [2.75, 3.05) is 11.5 Å². The molecule has 3 nitrogen and oxygen atoms in total. The number of halogens is 1. The summed E-state index contributed by atoms with van der Waals surface area (Å²) in [5, 5.41) is 8.92. The van der Waals surface area contributed by atoms with Gasteiger partial charge in [0.05, 0.1) is 0 Å². The SMILES string of the molecule is O=C1CCC(CCO)N1c1cccc(F)c1. The van der Waals surface area contributed by atoms with Crippen LogP contribution in [0.4, 0.5) is 10.1 Å². The maximum Gasteiger partial charge on any atom is 0.227 e. The Morgan fingerprint density at radius 2 is 2.31 bits per heavy atom. The Balaban J connectivity index is 2.26. The molecule has 2 rings (SSSR count). The fourth-order valence-corrected chi connectivity index (χ4v) is 2.15. The normalized spacial score (nSPS) is 20.5. The Kier molecular flexibility index (Phi) is 3.19. The standard InChI is InChI=1S/C12H14FNO2/c13-9-2-1-3-11(8-9)14-10(6-7-15)4-5-12(14)16/h1-3,8,10,15H,4-7H2. The summed E-state index contributed by atoms with van der Waals surface area (Å²) in [5.74, 6) is -0.344. The van der Waals surface area contributed by atoms with Crippen LogP contribution in [-0.4, -0.2) is 23.7 Å². The van der Waals surface area contributed by atoms with E-state index in [4.69, 9.17) is 5.11 Å². The first kappa shape index (κ1) is 11.1. The van der Waals surface area contributed by atoms with Crippen LogP contribution in [0.15, 0.2) is 24.3 Å². The first-order valence-electron chi connectivity index (χ1n) is 5.41. The summed E-state index contributed by atoms with van der Waals surface area (Å²) in [6.07, 6.45) is 1.75. The molecule has 1 aromatic rings. The molecule has 1 fully saturated rings. The molecular weight excluding hydrogens is 209 g/mol. The monoisotopic (exact) mass is 223 g/mol. The van der Waals surface area contributed by atoms with Crippen LogP contribution in [0.5, 0.6) is 0 Å². The van der Waals surface area contributed by atoms with Crippen molar-refractivity contribution >= 4 is 11.6 Å². The Morgan fingerprint density at radius 3 is 3.00 bits per heavy atom. The lowest BCUT2D eigenvalue weighted by Gasteiger charge is -2.24. The van der Waals surface area contributed by atoms with E-state index in [0.717, 1.165) is 6.42 Å². The zero-order valence-electron chi connectivity index (χ0n) is 8.90. The van der Waals surface area contributed by atoms with Crippen molar-refractivity contribution in [3.05, 3.63) is 30.1 Å². The van der Waals surface area contributed by atoms with Gasteiger partial charge in [-0.1, -0.05) is 6.07 Å². The van der Waals surface area contributed by atoms with Crippen LogP contribution in [0, 0.1) is 5.82 Å². The van der Waals surface area contributed by atoms with Gasteiger partial charge in [0, 0.05) is 24.8 Å². The van der Waals surface area contributed by atoms with Crippen molar-refractivity contribution in [3.8, 4) is 0 Å². The average molecular weight is 223 g/mol. The first-order valence-corrected chi connectivity index (χ1v) is 5.41. The predicted molar refractivity (Wildman–Crippen MR) is 58.6 cm³/mol. The summed E-state index contributed by atoms with van der Waals surface area (Å²) >= 11 is 0. The van der Waals surface area contributed by atoms with Crippen molar-refractivity contribution in [1.82, 2.24) is 0 Å². The molecule has 1 aliphatic rings. The molecule has 86 valence electrons. The Hall–Kier alpha value is -1.42. The van der Waals surface area contributed by atoms with Crippen LogP contribution < -0.4 is 4.90 Å². The van der Waals surface area contributed by atoms with Gasteiger partial charge in [0.2, 0.25) is 5.91 Å². The van der Waals surface area contributed by atoms with Crippen molar-refractivity contribution in [1.29, 1.82) is 0 Å². The van der Waals surface area contributed by atoms with E-state index in [-0.39, 0.29) is 24.4 Å². The van der Waals surface area contributed by atoms with Crippen LogP contribution in [0.25, 0.3) is 0 Å². The van der Waals surface area contributed by atoms with Gasteiger partial charge in [-0.05, 0) is 31.0 Å². The van der Waals surface area contributed by atoms with Gasteiger partial charge in [-0.15, -0.1) is 0 Å². The minimum absolute atomic E-state index is 0.000648. The maximum atomic E-state index is 13.1. The number of carbonyl (C=O) groups is 1. The van der Waals surface area contributed by atoms with Gasteiger partial charge in [-0.25, -0.2) is 4.39 Å². The molecule has 1 N–H and O–H groups in total. The Labute approximate surface area is 93.5 Å². The van der Waals surface area contributed by atoms with Gasteiger partial charge < -0.3 is 10.0 Å². The third-order valence-electron chi connectivity index (χ3n) is 2.87. The Bertz CT molecular complexity index is 394. The second-order valence-corrected chi connectivity index (χ2v) is 3.95. The number of rotatable bonds is 3. The zero-order valence-corrected chi connectivity index (χ0v) is 8.90. The maximum absolute atomic E-state index is 13.1. The van der Waals surface area contributed by atoms with Crippen molar-refractivity contribution in [2.24, 2.45) is 0 Å². The number of aliphatic hydroxyl groups excluding tert-OH is 1. The lowest BCUT2D eigenvalue weighted by Crippen LogP contribution is -2.33. The van der Waals surface area contributed by atoms with Gasteiger partial charge in [0.15, 0.2) is 0 Å². The molecule has 1 unspecified atom stereocenters. The van der Waals surface area contributed by atoms with E-state index in [2.05, 4.69) is 0 Å². The first-order chi connectivity index (χ1) is 7.72. The summed E-state index contributed by atoms with van der Waals surface area (Å²) in [4.78, 5) is 13.3. The highest BCUT2D eigenvalue weighted by Gasteiger charge is 2.31. The number of hydrogen-bond acceptors (Lipinski definition) is 2. The van der Waals surface area contributed by atoms with E-state index >= 15 is 0 Å². The van der Waals surface area contributed by atoms with Gasteiger partial charge in [-0.2, -0.15) is 0 Å². The number of amides is 1. The molecule has 1 saturated heterocycles.